The monoisotopic (exact) mass is 498 g/mol. The van der Waals surface area contributed by atoms with E-state index in [1.54, 1.807) is 6.07 Å². The zero-order valence-corrected chi connectivity index (χ0v) is 19.4. The second-order valence-corrected chi connectivity index (χ2v) is 7.32. The normalized spacial score (nSPS) is 13.3. The first-order valence-corrected chi connectivity index (χ1v) is 10.5. The molecule has 0 aliphatic carbocycles. The molecule has 0 aromatic heterocycles. The van der Waals surface area contributed by atoms with Crippen molar-refractivity contribution in [2.45, 2.75) is 6.61 Å². The first-order chi connectivity index (χ1) is 17.3. The first kappa shape index (κ1) is 24.5. The molecule has 0 bridgehead atoms. The molecular formula is C26H20F2O8. The highest BCUT2D eigenvalue weighted by molar-refractivity contribution is 6.14. The molecule has 0 radical (unpaired) electrons. The molecule has 3 aromatic carbocycles. The van der Waals surface area contributed by atoms with Crippen LogP contribution in [0.5, 0.6) is 34.5 Å². The molecule has 1 aliphatic rings. The summed E-state index contributed by atoms with van der Waals surface area (Å²) in [4.78, 5) is 25.5. The topological polar surface area (TPSA) is 89.5 Å². The summed E-state index contributed by atoms with van der Waals surface area (Å²) in [6, 6.07) is 13.1. The molecule has 0 saturated heterocycles. The largest absolute Gasteiger partial charge is 0.493 e. The molecule has 0 spiro atoms. The molecule has 0 saturated carbocycles. The molecule has 1 aliphatic heterocycles. The van der Waals surface area contributed by atoms with E-state index >= 15 is 0 Å². The second-order valence-electron chi connectivity index (χ2n) is 7.32. The third-order valence-corrected chi connectivity index (χ3v) is 5.17. The van der Waals surface area contributed by atoms with E-state index in [1.807, 2.05) is 0 Å². The molecule has 3 aromatic rings. The molecule has 36 heavy (non-hydrogen) atoms. The third kappa shape index (κ3) is 4.92. The van der Waals surface area contributed by atoms with Gasteiger partial charge >= 0.3 is 12.6 Å². The minimum absolute atomic E-state index is 0.0941. The van der Waals surface area contributed by atoms with Crippen LogP contribution in [0.1, 0.15) is 26.3 Å². The van der Waals surface area contributed by atoms with Crippen molar-refractivity contribution >= 4 is 17.8 Å². The van der Waals surface area contributed by atoms with Gasteiger partial charge in [-0.3, -0.25) is 4.79 Å². The average molecular weight is 498 g/mol. The minimum Gasteiger partial charge on any atom is -0.493 e. The Morgan fingerprint density at radius 1 is 0.917 bits per heavy atom. The number of halogens is 2. The Morgan fingerprint density at radius 2 is 1.61 bits per heavy atom. The number of fused-ring (bicyclic) bond motifs is 1. The van der Waals surface area contributed by atoms with Crippen LogP contribution < -0.4 is 28.4 Å². The van der Waals surface area contributed by atoms with Gasteiger partial charge in [-0.25, -0.2) is 4.79 Å². The maximum absolute atomic E-state index is 12.8. The Hall–Kier alpha value is -4.60. The van der Waals surface area contributed by atoms with Gasteiger partial charge in [0.2, 0.25) is 11.5 Å². The molecular weight excluding hydrogens is 478 g/mol. The van der Waals surface area contributed by atoms with E-state index in [9.17, 15) is 18.4 Å². The lowest BCUT2D eigenvalue weighted by Crippen LogP contribution is -2.09. The van der Waals surface area contributed by atoms with E-state index < -0.39 is 18.4 Å². The third-order valence-electron chi connectivity index (χ3n) is 5.17. The molecule has 0 N–H and O–H groups in total. The van der Waals surface area contributed by atoms with Gasteiger partial charge in [-0.1, -0.05) is 18.2 Å². The van der Waals surface area contributed by atoms with Crippen LogP contribution in [0.15, 0.2) is 60.4 Å². The van der Waals surface area contributed by atoms with Crippen LogP contribution in [0.25, 0.3) is 6.08 Å². The number of hydrogen-bond acceptors (Lipinski definition) is 8. The maximum atomic E-state index is 12.8. The van der Waals surface area contributed by atoms with E-state index in [2.05, 4.69) is 4.74 Å². The van der Waals surface area contributed by atoms with Crippen LogP contribution in [-0.4, -0.2) is 39.7 Å². The minimum atomic E-state index is -3.02. The average Bonchev–Trinajstić information content (AvgIpc) is 3.18. The lowest BCUT2D eigenvalue weighted by atomic mass is 10.1. The number of para-hydroxylation sites is 1. The molecule has 1 heterocycles. The summed E-state index contributed by atoms with van der Waals surface area (Å²) in [5.41, 5.74) is 0.599. The number of carbonyl (C=O) groups is 2. The van der Waals surface area contributed by atoms with Gasteiger partial charge in [0.1, 0.15) is 17.2 Å². The van der Waals surface area contributed by atoms with Gasteiger partial charge in [0.15, 0.2) is 17.3 Å². The lowest BCUT2D eigenvalue weighted by molar-refractivity contribution is -0.0500. The molecule has 0 fully saturated rings. The fraction of sp³-hybridized carbons (Fsp3) is 0.154. The summed E-state index contributed by atoms with van der Waals surface area (Å²) >= 11 is 0. The van der Waals surface area contributed by atoms with Crippen LogP contribution in [-0.2, 0) is 0 Å². The van der Waals surface area contributed by atoms with Gasteiger partial charge in [0.25, 0.3) is 0 Å². The number of methoxy groups -OCH3 is 3. The van der Waals surface area contributed by atoms with Gasteiger partial charge < -0.3 is 28.4 Å². The van der Waals surface area contributed by atoms with Crippen molar-refractivity contribution in [2.24, 2.45) is 0 Å². The Labute approximate surface area is 204 Å². The van der Waals surface area contributed by atoms with Gasteiger partial charge in [0.05, 0.1) is 32.5 Å². The number of esters is 1. The van der Waals surface area contributed by atoms with E-state index in [4.69, 9.17) is 23.7 Å². The summed E-state index contributed by atoms with van der Waals surface area (Å²) in [6.45, 7) is -3.02. The highest BCUT2D eigenvalue weighted by atomic mass is 19.3. The number of alkyl halides is 2. The predicted molar refractivity (Wildman–Crippen MR) is 124 cm³/mol. The number of ether oxygens (including phenoxy) is 6. The highest BCUT2D eigenvalue weighted by Crippen LogP contribution is 2.39. The number of hydrogen-bond donors (Lipinski definition) is 0. The quantitative estimate of drug-likeness (QED) is 0.239. The van der Waals surface area contributed by atoms with E-state index in [1.165, 1.54) is 75.9 Å². The molecule has 0 atom stereocenters. The van der Waals surface area contributed by atoms with Crippen molar-refractivity contribution < 1.29 is 46.8 Å². The Balaban J connectivity index is 1.57. The zero-order valence-electron chi connectivity index (χ0n) is 19.4. The Kier molecular flexibility index (Phi) is 7.05. The Morgan fingerprint density at radius 3 is 2.25 bits per heavy atom. The van der Waals surface area contributed by atoms with Gasteiger partial charge in [-0.15, -0.1) is 0 Å². The summed E-state index contributed by atoms with van der Waals surface area (Å²) in [6.07, 6.45) is 1.31. The summed E-state index contributed by atoms with van der Waals surface area (Å²) < 4.78 is 56.7. The fourth-order valence-electron chi connectivity index (χ4n) is 3.54. The highest BCUT2D eigenvalue weighted by Gasteiger charge is 2.29. The predicted octanol–water partition coefficient (Wildman–Crippen LogP) is 5.15. The van der Waals surface area contributed by atoms with E-state index in [-0.39, 0.29) is 51.2 Å². The van der Waals surface area contributed by atoms with Crippen molar-refractivity contribution in [3.63, 3.8) is 0 Å². The van der Waals surface area contributed by atoms with Crippen molar-refractivity contribution in [1.82, 2.24) is 0 Å². The zero-order chi connectivity index (χ0) is 25.8. The summed E-state index contributed by atoms with van der Waals surface area (Å²) in [5.74, 6) is -0.241. The van der Waals surface area contributed by atoms with Crippen LogP contribution in [0.4, 0.5) is 8.78 Å². The summed E-state index contributed by atoms with van der Waals surface area (Å²) in [7, 11) is 4.28. The Bertz CT molecular complexity index is 1320. The number of carbonyl (C=O) groups excluding carboxylic acids is 2. The molecule has 186 valence electrons. The molecule has 4 rings (SSSR count). The molecule has 8 nitrogen and oxygen atoms in total. The van der Waals surface area contributed by atoms with Crippen molar-refractivity contribution in [1.29, 1.82) is 0 Å². The lowest BCUT2D eigenvalue weighted by Gasteiger charge is -2.13. The number of benzene rings is 3. The number of rotatable bonds is 8. The van der Waals surface area contributed by atoms with Crippen LogP contribution >= 0.6 is 0 Å². The number of Topliss-reactive ketones (excluding diaryl/α,β-unsaturated/α-hetero) is 1. The van der Waals surface area contributed by atoms with Crippen LogP contribution in [0.3, 0.4) is 0 Å². The molecule has 0 amide bonds. The van der Waals surface area contributed by atoms with Crippen LogP contribution in [0, 0.1) is 0 Å². The van der Waals surface area contributed by atoms with Gasteiger partial charge in [-0.2, -0.15) is 8.78 Å². The van der Waals surface area contributed by atoms with Gasteiger partial charge in [-0.05, 0) is 36.4 Å². The first-order valence-electron chi connectivity index (χ1n) is 10.5. The summed E-state index contributed by atoms with van der Waals surface area (Å²) in [5, 5.41) is 0. The smallest absolute Gasteiger partial charge is 0.387 e. The molecule has 10 heteroatoms. The number of ketones is 1. The van der Waals surface area contributed by atoms with Gasteiger partial charge in [0, 0.05) is 11.6 Å². The van der Waals surface area contributed by atoms with E-state index in [0.717, 1.165) is 0 Å². The van der Waals surface area contributed by atoms with Crippen molar-refractivity contribution in [2.75, 3.05) is 21.3 Å². The SMILES string of the molecule is COc1cc(C(=O)Oc2ccc3c(c2)O/C(=C\c2ccccc2OC(F)F)C3=O)cc(OC)c1OC. The fourth-order valence-corrected chi connectivity index (χ4v) is 3.54. The van der Waals surface area contributed by atoms with E-state index in [0.29, 0.717) is 5.75 Å². The molecule has 0 unspecified atom stereocenters. The van der Waals surface area contributed by atoms with Crippen molar-refractivity contribution in [3.05, 3.63) is 77.0 Å². The number of allylic oxidation sites excluding steroid dienone is 1. The standard InChI is InChI=1S/C26H20F2O8/c1-31-21-11-15(12-22(32-2)24(21)33-3)25(30)34-16-8-9-17-19(13-16)35-20(23(17)29)10-14-6-4-5-7-18(14)36-26(27)28/h4-13,26H,1-3H3/b20-10-. The second kappa shape index (κ2) is 10.3. The maximum Gasteiger partial charge on any atom is 0.387 e. The van der Waals surface area contributed by atoms with Crippen molar-refractivity contribution in [3.8, 4) is 34.5 Å². The van der Waals surface area contributed by atoms with Crippen LogP contribution in [0.2, 0.25) is 0 Å².